The third-order valence-electron chi connectivity index (χ3n) is 1.58. The summed E-state index contributed by atoms with van der Waals surface area (Å²) in [5.74, 6) is 0.375. The van der Waals surface area contributed by atoms with Crippen molar-refractivity contribution < 1.29 is 19.3 Å². The van der Waals surface area contributed by atoms with Gasteiger partial charge in [0.25, 0.3) is 0 Å². The second-order valence-electron chi connectivity index (χ2n) is 2.36. The lowest BCUT2D eigenvalue weighted by molar-refractivity contribution is -0.385. The lowest BCUT2D eigenvalue weighted by atomic mass is 10.2. The van der Waals surface area contributed by atoms with Crippen LogP contribution in [0, 0.1) is 10.1 Å². The van der Waals surface area contributed by atoms with Gasteiger partial charge in [-0.3, -0.25) is 10.1 Å². The molecule has 1 N–H and O–H groups in total. The molecule has 0 bridgehead atoms. The Labute approximate surface area is 80.5 Å². The van der Waals surface area contributed by atoms with Crippen LogP contribution in [0.2, 0.25) is 0 Å². The van der Waals surface area contributed by atoms with Crippen LogP contribution < -0.4 is 9.39 Å². The fourth-order valence-electron chi connectivity index (χ4n) is 0.958. The van der Waals surface area contributed by atoms with Gasteiger partial charge in [-0.15, -0.1) is 0 Å². The second-order valence-corrected chi connectivity index (χ2v) is 2.36. The zero-order valence-corrected chi connectivity index (χ0v) is 7.47. The summed E-state index contributed by atoms with van der Waals surface area (Å²) < 4.78 is 9.47. The fourth-order valence-corrected chi connectivity index (χ4v) is 0.958. The molecule has 0 heterocycles. The number of hydrogen-bond acceptors (Lipinski definition) is 5. The average Bonchev–Trinajstić information content (AvgIpc) is 2.18. The molecule has 6 nitrogen and oxygen atoms in total. The van der Waals surface area contributed by atoms with Gasteiger partial charge in [-0.25, -0.2) is 0 Å². The molecule has 74 valence electrons. The Hall–Kier alpha value is -1.76. The monoisotopic (exact) mass is 197 g/mol. The van der Waals surface area contributed by atoms with Crippen LogP contribution in [0.3, 0.4) is 0 Å². The zero-order chi connectivity index (χ0) is 10.6. The van der Waals surface area contributed by atoms with E-state index in [9.17, 15) is 10.1 Å². The molecule has 1 aromatic rings. The Bertz CT molecular complexity index is 343. The van der Waals surface area contributed by atoms with Crippen molar-refractivity contribution in [2.45, 2.75) is 0 Å². The predicted octanol–water partition coefficient (Wildman–Crippen LogP) is 0.241. The van der Waals surface area contributed by atoms with Crippen molar-refractivity contribution in [3.05, 3.63) is 28.3 Å². The molecule has 0 aliphatic heterocycles. The average molecular weight is 197 g/mol. The van der Waals surface area contributed by atoms with Gasteiger partial charge in [-0.1, -0.05) is 0 Å². The summed E-state index contributed by atoms with van der Waals surface area (Å²) >= 11 is 0. The molecule has 14 heavy (non-hydrogen) atoms. The van der Waals surface area contributed by atoms with Gasteiger partial charge in [-0.05, 0) is 12.1 Å². The Morgan fingerprint density at radius 3 is 2.79 bits per heavy atom. The van der Waals surface area contributed by atoms with Gasteiger partial charge >= 0.3 is 13.4 Å². The van der Waals surface area contributed by atoms with E-state index in [0.717, 1.165) is 0 Å². The molecule has 0 amide bonds. The molecule has 0 saturated carbocycles. The smallest absolute Gasteiger partial charge is 0.504 e. The van der Waals surface area contributed by atoms with Gasteiger partial charge in [0, 0.05) is 0 Å². The Morgan fingerprint density at radius 1 is 1.57 bits per heavy atom. The van der Waals surface area contributed by atoms with Gasteiger partial charge in [0.2, 0.25) is 0 Å². The van der Waals surface area contributed by atoms with E-state index in [2.05, 4.69) is 4.65 Å². The predicted molar refractivity (Wildman–Crippen MR) is 49.6 cm³/mol. The van der Waals surface area contributed by atoms with Gasteiger partial charge < -0.3 is 14.4 Å². The first-order valence-electron chi connectivity index (χ1n) is 3.75. The maximum absolute atomic E-state index is 10.6. The number of nitrogens with zero attached hydrogens (tertiary/aromatic N) is 1. The summed E-state index contributed by atoms with van der Waals surface area (Å²) in [6.07, 6.45) is 0. The molecule has 0 aliphatic carbocycles. The largest absolute Gasteiger partial charge is 0.534 e. The van der Waals surface area contributed by atoms with Crippen LogP contribution in [0.25, 0.3) is 0 Å². The number of benzene rings is 1. The highest BCUT2D eigenvalue weighted by atomic mass is 16.6. The van der Waals surface area contributed by atoms with E-state index in [1.54, 1.807) is 0 Å². The maximum atomic E-state index is 10.6. The summed E-state index contributed by atoms with van der Waals surface area (Å²) in [7, 11) is 0.804. The van der Waals surface area contributed by atoms with Crippen LogP contribution in [-0.4, -0.2) is 24.7 Å². The SMILES string of the molecule is COc1ccc(OBO)c([N+](=O)[O-])c1. The first-order chi connectivity index (χ1) is 6.69. The number of nitro groups is 1. The van der Waals surface area contributed by atoms with Crippen molar-refractivity contribution in [2.24, 2.45) is 0 Å². The van der Waals surface area contributed by atoms with Gasteiger partial charge in [0.05, 0.1) is 18.1 Å². The summed E-state index contributed by atoms with van der Waals surface area (Å²) in [5.41, 5.74) is -0.238. The Morgan fingerprint density at radius 2 is 2.29 bits per heavy atom. The molecule has 7 heteroatoms. The Balaban J connectivity index is 3.10. The van der Waals surface area contributed by atoms with Crippen LogP contribution in [-0.2, 0) is 0 Å². The van der Waals surface area contributed by atoms with Crippen LogP contribution in [0.4, 0.5) is 5.69 Å². The van der Waals surface area contributed by atoms with Crippen molar-refractivity contribution in [3.8, 4) is 11.5 Å². The van der Waals surface area contributed by atoms with Crippen molar-refractivity contribution in [1.82, 2.24) is 0 Å². The van der Waals surface area contributed by atoms with Crippen molar-refractivity contribution in [1.29, 1.82) is 0 Å². The highest BCUT2D eigenvalue weighted by Crippen LogP contribution is 2.30. The lowest BCUT2D eigenvalue weighted by Gasteiger charge is -2.04. The molecule has 0 unspecified atom stereocenters. The minimum atomic E-state index is -0.604. The number of rotatable bonds is 4. The molecule has 0 atom stereocenters. The van der Waals surface area contributed by atoms with Crippen LogP contribution in [0.1, 0.15) is 0 Å². The molecule has 0 aliphatic rings. The van der Waals surface area contributed by atoms with Crippen LogP contribution in [0.5, 0.6) is 11.5 Å². The Kier molecular flexibility index (Phi) is 3.30. The number of ether oxygens (including phenoxy) is 1. The maximum Gasteiger partial charge on any atom is 0.504 e. The number of methoxy groups -OCH3 is 1. The third-order valence-corrected chi connectivity index (χ3v) is 1.58. The third kappa shape index (κ3) is 2.14. The molecule has 0 spiro atoms. The van der Waals surface area contributed by atoms with E-state index in [1.165, 1.54) is 25.3 Å². The number of nitro benzene ring substituents is 1. The molecular weight excluding hydrogens is 189 g/mol. The van der Waals surface area contributed by atoms with E-state index < -0.39 is 12.6 Å². The molecule has 0 fully saturated rings. The van der Waals surface area contributed by atoms with Gasteiger partial charge in [0.15, 0.2) is 5.75 Å². The van der Waals surface area contributed by atoms with Gasteiger partial charge in [-0.2, -0.15) is 0 Å². The van der Waals surface area contributed by atoms with Crippen LogP contribution >= 0.6 is 0 Å². The molecular formula is C7H8BNO5. The fraction of sp³-hybridized carbons (Fsp3) is 0.143. The molecule has 0 saturated heterocycles. The summed E-state index contributed by atoms with van der Waals surface area (Å²) in [5, 5.41) is 19.0. The van der Waals surface area contributed by atoms with Crippen molar-refractivity contribution in [3.63, 3.8) is 0 Å². The number of hydrogen-bond donors (Lipinski definition) is 1. The highest BCUT2D eigenvalue weighted by molar-refractivity contribution is 6.17. The lowest BCUT2D eigenvalue weighted by Crippen LogP contribution is -2.02. The molecule has 1 rings (SSSR count). The summed E-state index contributed by atoms with van der Waals surface area (Å²) in [6.45, 7) is 0. The van der Waals surface area contributed by atoms with E-state index in [1.807, 2.05) is 0 Å². The van der Waals surface area contributed by atoms with E-state index in [0.29, 0.717) is 5.75 Å². The molecule has 0 aromatic heterocycles. The summed E-state index contributed by atoms with van der Waals surface area (Å²) in [6, 6.07) is 4.11. The second kappa shape index (κ2) is 4.47. The summed E-state index contributed by atoms with van der Waals surface area (Å²) in [4.78, 5) is 9.95. The van der Waals surface area contributed by atoms with E-state index in [-0.39, 0.29) is 11.4 Å². The molecule has 1 aromatic carbocycles. The quantitative estimate of drug-likeness (QED) is 0.424. The first kappa shape index (κ1) is 10.3. The topological polar surface area (TPSA) is 81.8 Å². The standard InChI is InChI=1S/C7H8BNO5/c1-13-5-2-3-7(14-8-10)6(4-5)9(11)12/h2-4,8,10H,1H3. The van der Waals surface area contributed by atoms with Crippen LogP contribution in [0.15, 0.2) is 18.2 Å². The van der Waals surface area contributed by atoms with Gasteiger partial charge in [0.1, 0.15) is 5.75 Å². The minimum absolute atomic E-state index is 0.0123. The van der Waals surface area contributed by atoms with Crippen molar-refractivity contribution in [2.75, 3.05) is 7.11 Å². The highest BCUT2D eigenvalue weighted by Gasteiger charge is 2.15. The zero-order valence-electron chi connectivity index (χ0n) is 7.47. The minimum Gasteiger partial charge on any atom is -0.534 e. The van der Waals surface area contributed by atoms with Crippen molar-refractivity contribution >= 4 is 13.4 Å². The first-order valence-corrected chi connectivity index (χ1v) is 3.75. The van der Waals surface area contributed by atoms with E-state index in [4.69, 9.17) is 9.76 Å². The van der Waals surface area contributed by atoms with E-state index >= 15 is 0 Å². The molecule has 0 radical (unpaired) electrons. The normalized spacial score (nSPS) is 9.29.